The summed E-state index contributed by atoms with van der Waals surface area (Å²) in [4.78, 5) is 5.81. The topological polar surface area (TPSA) is 41.6 Å². The second kappa shape index (κ2) is 4.65. The van der Waals surface area contributed by atoms with Crippen molar-refractivity contribution in [3.63, 3.8) is 0 Å². The first kappa shape index (κ1) is 10.6. The van der Waals surface area contributed by atoms with E-state index >= 15 is 0 Å². The van der Waals surface area contributed by atoms with Crippen molar-refractivity contribution in [2.45, 2.75) is 13.3 Å². The van der Waals surface area contributed by atoms with Gasteiger partial charge in [-0.05, 0) is 24.1 Å². The van der Waals surface area contributed by atoms with Crippen molar-refractivity contribution in [1.82, 2.24) is 0 Å². The van der Waals surface area contributed by atoms with E-state index in [9.17, 15) is 0 Å². The molecule has 1 rings (SSSR count). The SMILES string of the molecule is CCc1cccc(N(C)C(N)=NC)c1. The Morgan fingerprint density at radius 2 is 2.21 bits per heavy atom. The maximum Gasteiger partial charge on any atom is 0.195 e. The Morgan fingerprint density at radius 3 is 2.79 bits per heavy atom. The monoisotopic (exact) mass is 191 g/mol. The lowest BCUT2D eigenvalue weighted by Crippen LogP contribution is -2.33. The summed E-state index contributed by atoms with van der Waals surface area (Å²) in [6.07, 6.45) is 1.03. The minimum absolute atomic E-state index is 0.526. The second-order valence-corrected chi connectivity index (χ2v) is 3.16. The normalized spacial score (nSPS) is 11.5. The molecule has 0 radical (unpaired) electrons. The van der Waals surface area contributed by atoms with Crippen LogP contribution >= 0.6 is 0 Å². The molecule has 3 heteroatoms. The molecule has 0 fully saturated rings. The molecule has 0 aliphatic rings. The average Bonchev–Trinajstić information content (AvgIpc) is 2.27. The third-order valence-electron chi connectivity index (χ3n) is 2.28. The fourth-order valence-corrected chi connectivity index (χ4v) is 1.27. The number of nitrogens with two attached hydrogens (primary N) is 1. The van der Waals surface area contributed by atoms with Gasteiger partial charge in [0.1, 0.15) is 0 Å². The molecule has 76 valence electrons. The Labute approximate surface area is 85.3 Å². The number of rotatable bonds is 2. The van der Waals surface area contributed by atoms with E-state index in [1.807, 2.05) is 24.1 Å². The zero-order chi connectivity index (χ0) is 10.6. The van der Waals surface area contributed by atoms with Crippen LogP contribution in [-0.4, -0.2) is 20.1 Å². The summed E-state index contributed by atoms with van der Waals surface area (Å²) in [6.45, 7) is 2.14. The number of nitrogens with zero attached hydrogens (tertiary/aromatic N) is 2. The van der Waals surface area contributed by atoms with Gasteiger partial charge in [-0.2, -0.15) is 0 Å². The molecule has 1 aromatic carbocycles. The molecule has 0 atom stereocenters. The van der Waals surface area contributed by atoms with Crippen molar-refractivity contribution in [3.8, 4) is 0 Å². The Morgan fingerprint density at radius 1 is 1.50 bits per heavy atom. The summed E-state index contributed by atoms with van der Waals surface area (Å²) in [7, 11) is 3.60. The maximum atomic E-state index is 5.72. The van der Waals surface area contributed by atoms with Crippen molar-refractivity contribution in [3.05, 3.63) is 29.8 Å². The van der Waals surface area contributed by atoms with Gasteiger partial charge >= 0.3 is 0 Å². The van der Waals surface area contributed by atoms with Crippen LogP contribution in [0.25, 0.3) is 0 Å². The lowest BCUT2D eigenvalue weighted by Gasteiger charge is -2.18. The number of aliphatic imine (C=N–C) groups is 1. The lowest BCUT2D eigenvalue weighted by atomic mass is 10.1. The number of anilines is 1. The number of guanidine groups is 1. The van der Waals surface area contributed by atoms with Crippen LogP contribution in [0.15, 0.2) is 29.3 Å². The summed E-state index contributed by atoms with van der Waals surface area (Å²) in [6, 6.07) is 8.29. The molecule has 0 aliphatic carbocycles. The van der Waals surface area contributed by atoms with Crippen LogP contribution in [-0.2, 0) is 6.42 Å². The summed E-state index contributed by atoms with van der Waals surface area (Å²) < 4.78 is 0. The van der Waals surface area contributed by atoms with Gasteiger partial charge in [-0.15, -0.1) is 0 Å². The van der Waals surface area contributed by atoms with Crippen LogP contribution in [0.5, 0.6) is 0 Å². The maximum absolute atomic E-state index is 5.72. The molecule has 2 N–H and O–H groups in total. The van der Waals surface area contributed by atoms with Gasteiger partial charge in [0.2, 0.25) is 0 Å². The van der Waals surface area contributed by atoms with E-state index in [1.54, 1.807) is 7.05 Å². The van der Waals surface area contributed by atoms with Crippen molar-refractivity contribution in [1.29, 1.82) is 0 Å². The molecule has 0 heterocycles. The van der Waals surface area contributed by atoms with E-state index in [4.69, 9.17) is 5.73 Å². The Balaban J connectivity index is 2.95. The van der Waals surface area contributed by atoms with Crippen molar-refractivity contribution >= 4 is 11.6 Å². The molecular weight excluding hydrogens is 174 g/mol. The van der Waals surface area contributed by atoms with Gasteiger partial charge in [0.25, 0.3) is 0 Å². The van der Waals surface area contributed by atoms with Gasteiger partial charge in [-0.1, -0.05) is 19.1 Å². The first-order chi connectivity index (χ1) is 6.69. The number of hydrogen-bond acceptors (Lipinski definition) is 1. The van der Waals surface area contributed by atoms with Gasteiger partial charge in [-0.25, -0.2) is 0 Å². The molecule has 3 nitrogen and oxygen atoms in total. The van der Waals surface area contributed by atoms with Crippen LogP contribution in [0.4, 0.5) is 5.69 Å². The highest BCUT2D eigenvalue weighted by Crippen LogP contribution is 2.14. The summed E-state index contributed by atoms with van der Waals surface area (Å²) in [5, 5.41) is 0. The fraction of sp³-hybridized carbons (Fsp3) is 0.364. The van der Waals surface area contributed by atoms with E-state index in [-0.39, 0.29) is 0 Å². The molecule has 0 bridgehead atoms. The molecule has 0 aliphatic heterocycles. The van der Waals surface area contributed by atoms with Crippen LogP contribution in [0.1, 0.15) is 12.5 Å². The standard InChI is InChI=1S/C11H17N3/c1-4-9-6-5-7-10(8-9)14(3)11(12)13-2/h5-8H,4H2,1-3H3,(H2,12,13). The zero-order valence-electron chi connectivity index (χ0n) is 8.99. The Kier molecular flexibility index (Phi) is 3.51. The largest absolute Gasteiger partial charge is 0.370 e. The molecule has 0 unspecified atom stereocenters. The van der Waals surface area contributed by atoms with Gasteiger partial charge in [0.05, 0.1) is 0 Å². The average molecular weight is 191 g/mol. The number of hydrogen-bond donors (Lipinski definition) is 1. The quantitative estimate of drug-likeness (QED) is 0.570. The van der Waals surface area contributed by atoms with E-state index in [2.05, 4.69) is 24.0 Å². The minimum atomic E-state index is 0.526. The molecule has 0 spiro atoms. The van der Waals surface area contributed by atoms with Crippen LogP contribution < -0.4 is 10.6 Å². The molecule has 14 heavy (non-hydrogen) atoms. The van der Waals surface area contributed by atoms with Gasteiger partial charge in [0, 0.05) is 19.8 Å². The minimum Gasteiger partial charge on any atom is -0.370 e. The highest BCUT2D eigenvalue weighted by atomic mass is 15.2. The van der Waals surface area contributed by atoms with Crippen LogP contribution in [0.2, 0.25) is 0 Å². The molecule has 0 saturated heterocycles. The molecule has 0 saturated carbocycles. The van der Waals surface area contributed by atoms with E-state index in [0.717, 1.165) is 12.1 Å². The van der Waals surface area contributed by atoms with Crippen LogP contribution in [0.3, 0.4) is 0 Å². The lowest BCUT2D eigenvalue weighted by molar-refractivity contribution is 1.12. The first-order valence-electron chi connectivity index (χ1n) is 4.74. The van der Waals surface area contributed by atoms with Gasteiger partial charge in [0.15, 0.2) is 5.96 Å². The fourth-order valence-electron chi connectivity index (χ4n) is 1.27. The van der Waals surface area contributed by atoms with E-state index in [0.29, 0.717) is 5.96 Å². The summed E-state index contributed by atoms with van der Waals surface area (Å²) >= 11 is 0. The summed E-state index contributed by atoms with van der Waals surface area (Å²) in [5.41, 5.74) is 8.10. The molecular formula is C11H17N3. The van der Waals surface area contributed by atoms with Gasteiger partial charge < -0.3 is 10.6 Å². The number of aryl methyl sites for hydroxylation is 1. The van der Waals surface area contributed by atoms with Crippen molar-refractivity contribution in [2.75, 3.05) is 19.0 Å². The molecule has 1 aromatic rings. The van der Waals surface area contributed by atoms with Crippen LogP contribution in [0, 0.1) is 0 Å². The molecule has 0 aromatic heterocycles. The predicted octanol–water partition coefficient (Wildman–Crippen LogP) is 1.63. The van der Waals surface area contributed by atoms with E-state index < -0.39 is 0 Å². The molecule has 0 amide bonds. The number of benzene rings is 1. The summed E-state index contributed by atoms with van der Waals surface area (Å²) in [5.74, 6) is 0.526. The highest BCUT2D eigenvalue weighted by molar-refractivity contribution is 5.94. The van der Waals surface area contributed by atoms with E-state index in [1.165, 1.54) is 5.56 Å². The first-order valence-corrected chi connectivity index (χ1v) is 4.74. The smallest absolute Gasteiger partial charge is 0.195 e. The van der Waals surface area contributed by atoms with Crippen molar-refractivity contribution in [2.24, 2.45) is 10.7 Å². The highest BCUT2D eigenvalue weighted by Gasteiger charge is 2.03. The third kappa shape index (κ3) is 2.25. The Bertz CT molecular complexity index is 331. The Hall–Kier alpha value is -1.51. The predicted molar refractivity (Wildman–Crippen MR) is 61.8 cm³/mol. The van der Waals surface area contributed by atoms with Crippen molar-refractivity contribution < 1.29 is 0 Å². The third-order valence-corrected chi connectivity index (χ3v) is 2.28. The second-order valence-electron chi connectivity index (χ2n) is 3.16. The zero-order valence-corrected chi connectivity index (χ0v) is 8.99. The van der Waals surface area contributed by atoms with Gasteiger partial charge in [-0.3, -0.25) is 4.99 Å².